The molecule has 20 rings (SSSR count). The molecule has 4 fully saturated rings. The number of fused-ring (bicyclic) bond motifs is 12. The fourth-order valence-corrected chi connectivity index (χ4v) is 25.3. The van der Waals surface area contributed by atoms with Gasteiger partial charge in [0.1, 0.15) is 47.7 Å². The van der Waals surface area contributed by atoms with Crippen molar-refractivity contribution in [3.05, 3.63) is 238 Å². The Morgan fingerprint density at radius 2 is 0.507 bits per heavy atom. The van der Waals surface area contributed by atoms with Crippen molar-refractivity contribution in [1.29, 1.82) is 0 Å². The number of halogens is 4. The summed E-state index contributed by atoms with van der Waals surface area (Å²) in [5.41, 5.74) is 20.9. The summed E-state index contributed by atoms with van der Waals surface area (Å²) in [7, 11) is 8.81. The second-order valence-corrected chi connectivity index (χ2v) is 42.2. The minimum Gasteiger partial charge on any atom is -0.457 e. The Morgan fingerprint density at radius 1 is 0.275 bits per heavy atom. The second kappa shape index (κ2) is 49.0. The number of rotatable bonds is 38. The maximum absolute atomic E-state index is 13.6. The molecule has 8 aromatic rings. The van der Waals surface area contributed by atoms with Gasteiger partial charge < -0.3 is 77.7 Å². The number of para-hydroxylation sites is 4. The topological polar surface area (TPSA) is 144 Å². The average Bonchev–Trinajstić information content (AvgIpc) is 1.60. The molecule has 12 heterocycles. The zero-order valence-corrected chi connectivity index (χ0v) is 85.8. The average molecular weight is 1950 g/mol. The minimum atomic E-state index is -0.315. The molecular formula is C118H156F4N12O8. The molecule has 20 nitrogen and oxygen atoms in total. The summed E-state index contributed by atoms with van der Waals surface area (Å²) in [6.45, 7) is 29.7. The van der Waals surface area contributed by atoms with Crippen LogP contribution in [0.5, 0.6) is 0 Å². The van der Waals surface area contributed by atoms with E-state index in [1.165, 1.54) is 174 Å². The molecule has 0 spiro atoms. The molecule has 764 valence electrons. The van der Waals surface area contributed by atoms with Gasteiger partial charge in [-0.3, -0.25) is 19.2 Å². The molecule has 24 heteroatoms. The Hall–Kier alpha value is -10.4. The fourth-order valence-electron chi connectivity index (χ4n) is 25.3. The molecule has 0 bridgehead atoms. The molecule has 0 amide bonds. The van der Waals surface area contributed by atoms with Crippen LogP contribution in [0.15, 0.2) is 170 Å². The number of nitrogens with zero attached hydrogens (tertiary/aromatic N) is 12. The third kappa shape index (κ3) is 24.5. The number of likely N-dealkylation sites (tertiary alicyclic amines) is 4. The smallest absolute Gasteiger partial charge is 0.306 e. The summed E-state index contributed by atoms with van der Waals surface area (Å²) in [6, 6.07) is 55.3. The van der Waals surface area contributed by atoms with Crippen LogP contribution in [0.25, 0.3) is 0 Å². The first-order valence-corrected chi connectivity index (χ1v) is 54.3. The van der Waals surface area contributed by atoms with Gasteiger partial charge in [0.05, 0.1) is 45.5 Å². The maximum atomic E-state index is 13.6. The SMILES string of the molecule is CCCC(=O)OC(CCCN1CC[C@H]2[C@@H](C1)c1cccc3c1N2CCN3C)c1ccc(F)cc1.CCCC(=O)O[C@@H](CCCN1CC[C@H]2[C@@H](C1)c1cccc3c1N2CCN3C)c1ccc(F)cc1.CCCC(=O)O[C@H](CCCN1CC[C@H]2[C@@H](C1)c1cccc3c1N2CCN3C)c1ccc(F)cc1.CCCCCCCCCC(=O)OC(CCCN1CC[C@H]2[C@@H](C1)c1cccc3c1N2CCN3C)c1ccc(F)cc1. The fraction of sp³-hybridized carbons (Fsp3) is 0.559. The van der Waals surface area contributed by atoms with E-state index in [2.05, 4.69) is 167 Å². The van der Waals surface area contributed by atoms with E-state index in [9.17, 15) is 36.7 Å². The lowest BCUT2D eigenvalue weighted by Crippen LogP contribution is -2.49. The van der Waals surface area contributed by atoms with Gasteiger partial charge in [0.2, 0.25) is 0 Å². The Kier molecular flexibility index (Phi) is 35.5. The van der Waals surface area contributed by atoms with Crippen molar-refractivity contribution in [2.45, 2.75) is 267 Å². The van der Waals surface area contributed by atoms with E-state index in [0.717, 1.165) is 237 Å². The van der Waals surface area contributed by atoms with Gasteiger partial charge in [-0.2, -0.15) is 0 Å². The number of benzene rings is 8. The van der Waals surface area contributed by atoms with Gasteiger partial charge in [0.25, 0.3) is 0 Å². The van der Waals surface area contributed by atoms with Crippen LogP contribution < -0.4 is 39.2 Å². The highest BCUT2D eigenvalue weighted by Crippen LogP contribution is 2.56. The van der Waals surface area contributed by atoms with Crippen LogP contribution in [0, 0.1) is 23.3 Å². The van der Waals surface area contributed by atoms with Gasteiger partial charge in [0, 0.05) is 206 Å². The number of likely N-dealkylation sites (N-methyl/N-ethyl adjacent to an activating group) is 4. The number of carbonyl (C=O) groups excluding carboxylic acids is 4. The Morgan fingerprint density at radius 3 is 0.746 bits per heavy atom. The third-order valence-corrected chi connectivity index (χ3v) is 32.7. The van der Waals surface area contributed by atoms with Crippen LogP contribution in [0.2, 0.25) is 0 Å². The Labute approximate surface area is 842 Å². The number of hydrogen-bond acceptors (Lipinski definition) is 20. The van der Waals surface area contributed by atoms with Gasteiger partial charge in [-0.1, -0.05) is 163 Å². The zero-order chi connectivity index (χ0) is 98.9. The van der Waals surface area contributed by atoms with Crippen molar-refractivity contribution < 1.29 is 55.7 Å². The lowest BCUT2D eigenvalue weighted by atomic mass is 9.89. The number of carbonyl (C=O) groups is 4. The summed E-state index contributed by atoms with van der Waals surface area (Å²) < 4.78 is 77.3. The van der Waals surface area contributed by atoms with Gasteiger partial charge in [-0.25, -0.2) is 17.6 Å². The first-order valence-electron chi connectivity index (χ1n) is 54.3. The molecule has 2 unspecified atom stereocenters. The summed E-state index contributed by atoms with van der Waals surface area (Å²) in [5.74, 6) is 0.522. The van der Waals surface area contributed by atoms with Crippen molar-refractivity contribution in [1.82, 2.24) is 19.6 Å². The number of hydrogen-bond donors (Lipinski definition) is 0. The zero-order valence-electron chi connectivity index (χ0n) is 85.8. The van der Waals surface area contributed by atoms with Crippen molar-refractivity contribution in [2.75, 3.05) is 198 Å². The molecule has 142 heavy (non-hydrogen) atoms. The van der Waals surface area contributed by atoms with Crippen LogP contribution in [-0.4, -0.2) is 227 Å². The molecule has 0 aliphatic carbocycles. The molecule has 12 aliphatic heterocycles. The van der Waals surface area contributed by atoms with Gasteiger partial charge in [-0.05, 0) is 246 Å². The van der Waals surface area contributed by atoms with Crippen molar-refractivity contribution in [3.8, 4) is 0 Å². The molecule has 0 saturated carbocycles. The standard InChI is InChI=1S/C34H48FN3O2.3C28H36FN3O2/c1-3-4-5-6-7-8-9-15-33(39)40-32(26-16-18-27(35)19-17-26)14-11-21-37-22-20-30-29(25-37)28-12-10-13-31-34(28)38(30)24-23-36(31)2;3*1-3-6-27(33)34-26(20-10-12-21(29)13-11-20)9-5-15-31-16-14-24-23(19-31)22-7-4-8-25-28(22)32(24)18-17-30(25)2/h10,12-13,16-19,29-30,32H,3-9,11,14-15,20-25H2,1-2H3;3*4,7-8,10-13,23-24,26H,3,5-6,9,14-19H2,1-2H3/t29-,30-,32?;23-,24-,26?;23-,24-,26+;23-,24-,26-/m0000/s1. The summed E-state index contributed by atoms with van der Waals surface area (Å²) in [5, 5.41) is 0. The highest BCUT2D eigenvalue weighted by molar-refractivity contribution is 5.84. The van der Waals surface area contributed by atoms with Crippen molar-refractivity contribution in [3.63, 3.8) is 0 Å². The van der Waals surface area contributed by atoms with Crippen LogP contribution >= 0.6 is 0 Å². The summed E-state index contributed by atoms with van der Waals surface area (Å²) >= 11 is 0. The van der Waals surface area contributed by atoms with E-state index in [1.54, 1.807) is 48.5 Å². The van der Waals surface area contributed by atoms with Crippen LogP contribution in [0.3, 0.4) is 0 Å². The number of anilines is 8. The Balaban J connectivity index is 0.000000131. The predicted molar refractivity (Wildman–Crippen MR) is 564 cm³/mol. The van der Waals surface area contributed by atoms with Crippen LogP contribution in [0.4, 0.5) is 63.1 Å². The molecule has 0 N–H and O–H groups in total. The molecule has 4 saturated heterocycles. The molecule has 0 aromatic heterocycles. The number of esters is 4. The number of ether oxygens (including phenoxy) is 4. The van der Waals surface area contributed by atoms with E-state index in [4.69, 9.17) is 18.9 Å². The first-order chi connectivity index (χ1) is 69.2. The predicted octanol–water partition coefficient (Wildman–Crippen LogP) is 22.8. The normalized spacial score (nSPS) is 21.9. The lowest BCUT2D eigenvalue weighted by molar-refractivity contribution is -0.151. The maximum Gasteiger partial charge on any atom is 0.306 e. The van der Waals surface area contributed by atoms with Crippen LogP contribution in [-0.2, 0) is 38.1 Å². The van der Waals surface area contributed by atoms with Gasteiger partial charge >= 0.3 is 23.9 Å². The largest absolute Gasteiger partial charge is 0.457 e. The number of piperidine rings is 4. The van der Waals surface area contributed by atoms with Crippen LogP contribution in [0.1, 0.15) is 287 Å². The molecule has 0 radical (unpaired) electrons. The third-order valence-electron chi connectivity index (χ3n) is 32.7. The molecule has 8 aromatic carbocycles. The molecular weight excluding hydrogens is 1790 g/mol. The van der Waals surface area contributed by atoms with E-state index < -0.39 is 0 Å². The van der Waals surface area contributed by atoms with E-state index in [0.29, 0.717) is 73.5 Å². The minimum absolute atomic E-state index is 0.127. The van der Waals surface area contributed by atoms with Gasteiger partial charge in [0.15, 0.2) is 0 Å². The number of unbranched alkanes of at least 4 members (excludes halogenated alkanes) is 6. The van der Waals surface area contributed by atoms with E-state index in [1.807, 2.05) is 20.8 Å². The second-order valence-electron chi connectivity index (χ2n) is 42.2. The highest BCUT2D eigenvalue weighted by Gasteiger charge is 2.50. The molecule has 12 aliphatic rings. The van der Waals surface area contributed by atoms with E-state index in [-0.39, 0.29) is 71.6 Å². The first kappa shape index (κ1) is 103. The van der Waals surface area contributed by atoms with E-state index >= 15 is 0 Å². The quantitative estimate of drug-likeness (QED) is 0.0156. The molecule has 12 atom stereocenters. The monoisotopic (exact) mass is 1950 g/mol. The van der Waals surface area contributed by atoms with Gasteiger partial charge in [-0.15, -0.1) is 0 Å². The van der Waals surface area contributed by atoms with Crippen molar-refractivity contribution in [2.24, 2.45) is 0 Å². The highest BCUT2D eigenvalue weighted by atomic mass is 19.1. The van der Waals surface area contributed by atoms with Crippen molar-refractivity contribution >= 4 is 69.4 Å². The lowest BCUT2D eigenvalue weighted by Gasteiger charge is -2.41. The summed E-state index contributed by atoms with van der Waals surface area (Å²) in [4.78, 5) is 79.9. The summed E-state index contributed by atoms with van der Waals surface area (Å²) in [6.07, 6.45) is 22.5. The Bertz CT molecular complexity index is 5080.